The average molecular weight is 340 g/mol. The molecule has 0 radical (unpaired) electrons. The van der Waals surface area contributed by atoms with Gasteiger partial charge in [-0.2, -0.15) is 0 Å². The maximum Gasteiger partial charge on any atom is 0.319 e. The lowest BCUT2D eigenvalue weighted by Gasteiger charge is -2.30. The Morgan fingerprint density at radius 2 is 1.92 bits per heavy atom. The molecular weight excluding hydrogens is 316 g/mol. The van der Waals surface area contributed by atoms with E-state index in [4.69, 9.17) is 9.47 Å². The fraction of sp³-hybridized carbons (Fsp3) is 0.350. The van der Waals surface area contributed by atoms with Gasteiger partial charge in [0.2, 0.25) is 0 Å². The van der Waals surface area contributed by atoms with Crippen LogP contribution in [-0.4, -0.2) is 25.8 Å². The molecular formula is C20H24N2O3. The number of hydrogen-bond acceptors (Lipinski definition) is 3. The van der Waals surface area contributed by atoms with Crippen molar-refractivity contribution in [2.45, 2.75) is 31.6 Å². The second kappa shape index (κ2) is 8.65. The van der Waals surface area contributed by atoms with Gasteiger partial charge in [-0.05, 0) is 24.5 Å². The SMILES string of the molecule is COCc1ccccc1NC(=O)NC1CCOC(c2ccccc2)C1. The molecule has 2 unspecified atom stereocenters. The number of carbonyl (C=O) groups excluding carboxylic acids is 1. The molecule has 0 saturated carbocycles. The van der Waals surface area contributed by atoms with Crippen LogP contribution in [0.5, 0.6) is 0 Å². The topological polar surface area (TPSA) is 59.6 Å². The van der Waals surface area contributed by atoms with E-state index < -0.39 is 0 Å². The first kappa shape index (κ1) is 17.5. The molecule has 0 aliphatic carbocycles. The van der Waals surface area contributed by atoms with E-state index in [0.29, 0.717) is 13.2 Å². The maximum atomic E-state index is 12.4. The number of anilines is 1. The normalized spacial score (nSPS) is 20.0. The molecule has 25 heavy (non-hydrogen) atoms. The summed E-state index contributed by atoms with van der Waals surface area (Å²) in [4.78, 5) is 12.4. The fourth-order valence-corrected chi connectivity index (χ4v) is 3.10. The number of amides is 2. The van der Waals surface area contributed by atoms with Crippen LogP contribution in [-0.2, 0) is 16.1 Å². The van der Waals surface area contributed by atoms with Crippen molar-refractivity contribution in [1.82, 2.24) is 5.32 Å². The van der Waals surface area contributed by atoms with Crippen LogP contribution in [0, 0.1) is 0 Å². The Balaban J connectivity index is 1.58. The van der Waals surface area contributed by atoms with Crippen molar-refractivity contribution in [3.8, 4) is 0 Å². The lowest BCUT2D eigenvalue weighted by Crippen LogP contribution is -2.42. The number of benzene rings is 2. The Kier molecular flexibility index (Phi) is 6.04. The van der Waals surface area contributed by atoms with Gasteiger partial charge in [-0.3, -0.25) is 0 Å². The minimum atomic E-state index is -0.192. The molecule has 2 N–H and O–H groups in total. The summed E-state index contributed by atoms with van der Waals surface area (Å²) in [5.74, 6) is 0. The quantitative estimate of drug-likeness (QED) is 0.868. The molecule has 5 nitrogen and oxygen atoms in total. The Labute approximate surface area is 148 Å². The van der Waals surface area contributed by atoms with Crippen molar-refractivity contribution < 1.29 is 14.3 Å². The van der Waals surface area contributed by atoms with Crippen molar-refractivity contribution in [3.63, 3.8) is 0 Å². The standard InChI is InChI=1S/C20H24N2O3/c1-24-14-16-9-5-6-10-18(16)22-20(23)21-17-11-12-25-19(13-17)15-7-3-2-4-8-15/h2-10,17,19H,11-14H2,1H3,(H2,21,22,23). The molecule has 5 heteroatoms. The summed E-state index contributed by atoms with van der Waals surface area (Å²) in [7, 11) is 1.64. The zero-order valence-corrected chi connectivity index (χ0v) is 14.4. The summed E-state index contributed by atoms with van der Waals surface area (Å²) in [5, 5.41) is 5.99. The molecule has 2 amide bonds. The minimum absolute atomic E-state index is 0.0287. The summed E-state index contributed by atoms with van der Waals surface area (Å²) in [5.41, 5.74) is 2.88. The zero-order valence-electron chi connectivity index (χ0n) is 14.4. The minimum Gasteiger partial charge on any atom is -0.380 e. The van der Waals surface area contributed by atoms with Crippen LogP contribution in [0.2, 0.25) is 0 Å². The monoisotopic (exact) mass is 340 g/mol. The number of urea groups is 1. The van der Waals surface area contributed by atoms with Gasteiger partial charge in [-0.15, -0.1) is 0 Å². The van der Waals surface area contributed by atoms with Gasteiger partial charge in [-0.1, -0.05) is 48.5 Å². The second-order valence-corrected chi connectivity index (χ2v) is 6.18. The van der Waals surface area contributed by atoms with Crippen LogP contribution >= 0.6 is 0 Å². The highest BCUT2D eigenvalue weighted by molar-refractivity contribution is 5.90. The number of ether oxygens (including phenoxy) is 2. The van der Waals surface area contributed by atoms with Crippen LogP contribution in [0.25, 0.3) is 0 Å². The van der Waals surface area contributed by atoms with E-state index in [0.717, 1.165) is 29.7 Å². The van der Waals surface area contributed by atoms with Crippen LogP contribution in [0.3, 0.4) is 0 Å². The van der Waals surface area contributed by atoms with Crippen LogP contribution < -0.4 is 10.6 Å². The zero-order chi connectivity index (χ0) is 17.5. The predicted molar refractivity (Wildman–Crippen MR) is 97.5 cm³/mol. The van der Waals surface area contributed by atoms with Gasteiger partial charge in [0.05, 0.1) is 12.7 Å². The number of carbonyl (C=O) groups is 1. The van der Waals surface area contributed by atoms with Crippen molar-refractivity contribution in [2.75, 3.05) is 19.0 Å². The first-order valence-electron chi connectivity index (χ1n) is 8.57. The molecule has 0 aromatic heterocycles. The molecule has 1 fully saturated rings. The average Bonchev–Trinajstić information content (AvgIpc) is 2.64. The molecule has 1 heterocycles. The van der Waals surface area contributed by atoms with E-state index in [1.807, 2.05) is 42.5 Å². The second-order valence-electron chi connectivity index (χ2n) is 6.18. The molecule has 1 saturated heterocycles. The van der Waals surface area contributed by atoms with Gasteiger partial charge in [0.1, 0.15) is 0 Å². The molecule has 0 bridgehead atoms. The van der Waals surface area contributed by atoms with Gasteiger partial charge in [0.25, 0.3) is 0 Å². The molecule has 0 spiro atoms. The molecule has 3 rings (SSSR count). The maximum absolute atomic E-state index is 12.4. The molecule has 2 aromatic rings. The lowest BCUT2D eigenvalue weighted by molar-refractivity contribution is 0.00254. The summed E-state index contributed by atoms with van der Waals surface area (Å²) in [6.45, 7) is 1.11. The smallest absolute Gasteiger partial charge is 0.319 e. The van der Waals surface area contributed by atoms with Gasteiger partial charge < -0.3 is 20.1 Å². The Bertz CT molecular complexity index is 690. The number of para-hydroxylation sites is 1. The highest BCUT2D eigenvalue weighted by Gasteiger charge is 2.25. The predicted octanol–water partition coefficient (Wildman–Crippen LogP) is 3.87. The summed E-state index contributed by atoms with van der Waals surface area (Å²) in [6, 6.07) is 17.7. The van der Waals surface area contributed by atoms with Gasteiger partial charge in [0, 0.05) is 31.0 Å². The van der Waals surface area contributed by atoms with Gasteiger partial charge >= 0.3 is 6.03 Å². The van der Waals surface area contributed by atoms with E-state index in [9.17, 15) is 4.79 Å². The lowest BCUT2D eigenvalue weighted by atomic mass is 9.97. The number of methoxy groups -OCH3 is 1. The third-order valence-corrected chi connectivity index (χ3v) is 4.36. The van der Waals surface area contributed by atoms with E-state index in [2.05, 4.69) is 22.8 Å². The number of nitrogens with one attached hydrogen (secondary N) is 2. The van der Waals surface area contributed by atoms with E-state index >= 15 is 0 Å². The number of rotatable bonds is 5. The first-order chi connectivity index (χ1) is 12.3. The van der Waals surface area contributed by atoms with Crippen LogP contribution in [0.4, 0.5) is 10.5 Å². The highest BCUT2D eigenvalue weighted by atomic mass is 16.5. The largest absolute Gasteiger partial charge is 0.380 e. The highest BCUT2D eigenvalue weighted by Crippen LogP contribution is 2.28. The molecule has 2 aromatic carbocycles. The number of hydrogen-bond donors (Lipinski definition) is 2. The van der Waals surface area contributed by atoms with Crippen molar-refractivity contribution >= 4 is 11.7 Å². The van der Waals surface area contributed by atoms with Crippen molar-refractivity contribution in [2.24, 2.45) is 0 Å². The molecule has 2 atom stereocenters. The molecule has 1 aliphatic rings. The molecule has 1 aliphatic heterocycles. The Hall–Kier alpha value is -2.37. The Morgan fingerprint density at radius 3 is 2.72 bits per heavy atom. The van der Waals surface area contributed by atoms with Crippen LogP contribution in [0.15, 0.2) is 54.6 Å². The van der Waals surface area contributed by atoms with Gasteiger partial charge in [0.15, 0.2) is 0 Å². The van der Waals surface area contributed by atoms with Crippen LogP contribution in [0.1, 0.15) is 30.1 Å². The Morgan fingerprint density at radius 1 is 1.16 bits per heavy atom. The first-order valence-corrected chi connectivity index (χ1v) is 8.57. The van der Waals surface area contributed by atoms with E-state index in [1.165, 1.54) is 0 Å². The summed E-state index contributed by atoms with van der Waals surface area (Å²) >= 11 is 0. The third kappa shape index (κ3) is 4.81. The third-order valence-electron chi connectivity index (χ3n) is 4.36. The fourth-order valence-electron chi connectivity index (χ4n) is 3.10. The van der Waals surface area contributed by atoms with E-state index in [-0.39, 0.29) is 18.2 Å². The van der Waals surface area contributed by atoms with Gasteiger partial charge in [-0.25, -0.2) is 4.79 Å². The molecule has 132 valence electrons. The van der Waals surface area contributed by atoms with Crippen molar-refractivity contribution in [1.29, 1.82) is 0 Å². The van der Waals surface area contributed by atoms with E-state index in [1.54, 1.807) is 7.11 Å². The summed E-state index contributed by atoms with van der Waals surface area (Å²) in [6.07, 6.45) is 1.62. The van der Waals surface area contributed by atoms with Crippen molar-refractivity contribution in [3.05, 3.63) is 65.7 Å². The summed E-state index contributed by atoms with van der Waals surface area (Å²) < 4.78 is 11.0.